The normalized spacial score (nSPS) is 14.3. The number of nitro groups is 1. The van der Waals surface area contributed by atoms with E-state index in [-0.39, 0.29) is 45.5 Å². The maximum Gasteiger partial charge on any atom is 0.271 e. The van der Waals surface area contributed by atoms with E-state index in [0.717, 1.165) is 11.0 Å². The van der Waals surface area contributed by atoms with Gasteiger partial charge in [-0.15, -0.1) is 0 Å². The van der Waals surface area contributed by atoms with Crippen LogP contribution in [0.3, 0.4) is 0 Å². The van der Waals surface area contributed by atoms with Gasteiger partial charge >= 0.3 is 0 Å². The summed E-state index contributed by atoms with van der Waals surface area (Å²) in [4.78, 5) is 36.9. The van der Waals surface area contributed by atoms with Crippen molar-refractivity contribution in [3.63, 3.8) is 0 Å². The van der Waals surface area contributed by atoms with E-state index in [9.17, 15) is 28.1 Å². The minimum absolute atomic E-state index is 0.00111. The Hall–Kier alpha value is -4.51. The molecule has 0 saturated carbocycles. The smallest absolute Gasteiger partial charge is 0.271 e. The number of hydrogen-bond acceptors (Lipinski definition) is 7. The van der Waals surface area contributed by atoms with Gasteiger partial charge < -0.3 is 4.74 Å². The zero-order valence-corrected chi connectivity index (χ0v) is 20.1. The van der Waals surface area contributed by atoms with Crippen molar-refractivity contribution in [2.45, 2.75) is 18.7 Å². The zero-order chi connectivity index (χ0) is 26.0. The topological polar surface area (TPSA) is 136 Å². The second kappa shape index (κ2) is 9.62. The second-order valence-electron chi connectivity index (χ2n) is 7.75. The van der Waals surface area contributed by atoms with Crippen LogP contribution in [0.4, 0.5) is 17.1 Å². The highest BCUT2D eigenvalue weighted by molar-refractivity contribution is 7.92. The number of nitrogens with one attached hydrogen (secondary N) is 1. The van der Waals surface area contributed by atoms with Crippen LogP contribution in [0.1, 0.15) is 25.0 Å². The van der Waals surface area contributed by atoms with Crippen LogP contribution in [0, 0.1) is 10.1 Å². The number of hydrogen-bond donors (Lipinski definition) is 1. The molecule has 0 spiro atoms. The van der Waals surface area contributed by atoms with Crippen LogP contribution in [-0.4, -0.2) is 31.8 Å². The third kappa shape index (κ3) is 4.56. The van der Waals surface area contributed by atoms with Crippen molar-refractivity contribution >= 4 is 50.2 Å². The number of sulfonamides is 1. The van der Waals surface area contributed by atoms with Crippen LogP contribution in [-0.2, 0) is 24.3 Å². The number of benzene rings is 3. The largest absolute Gasteiger partial charge is 0.492 e. The highest BCUT2D eigenvalue weighted by Crippen LogP contribution is 2.42. The molecule has 0 bridgehead atoms. The molecule has 0 aliphatic carbocycles. The number of carbonyl (C=O) groups is 2. The van der Waals surface area contributed by atoms with Gasteiger partial charge in [0.05, 0.1) is 33.4 Å². The number of non-ortho nitro benzene ring substituents is 1. The predicted molar refractivity (Wildman–Crippen MR) is 133 cm³/mol. The molecule has 184 valence electrons. The van der Waals surface area contributed by atoms with Gasteiger partial charge in [0.25, 0.3) is 21.6 Å². The van der Waals surface area contributed by atoms with E-state index in [1.54, 1.807) is 37.3 Å². The van der Waals surface area contributed by atoms with Crippen molar-refractivity contribution in [1.82, 2.24) is 0 Å². The van der Waals surface area contributed by atoms with Crippen molar-refractivity contribution in [1.29, 1.82) is 0 Å². The highest BCUT2D eigenvalue weighted by atomic mass is 32.2. The molecule has 0 atom stereocenters. The van der Waals surface area contributed by atoms with E-state index in [2.05, 4.69) is 4.72 Å². The average molecular weight is 508 g/mol. The molecule has 4 rings (SSSR count). The number of imide groups is 1. The van der Waals surface area contributed by atoms with Crippen molar-refractivity contribution in [2.24, 2.45) is 0 Å². The van der Waals surface area contributed by atoms with E-state index in [4.69, 9.17) is 4.74 Å². The minimum atomic E-state index is -4.21. The van der Waals surface area contributed by atoms with Crippen LogP contribution >= 0.6 is 0 Å². The maximum absolute atomic E-state index is 13.4. The summed E-state index contributed by atoms with van der Waals surface area (Å²) in [5.41, 5.74) is 0.805. The molecule has 1 aliphatic heterocycles. The summed E-state index contributed by atoms with van der Waals surface area (Å²) in [5, 5.41) is 11.1. The Labute approximate surface area is 207 Å². The lowest BCUT2D eigenvalue weighted by Gasteiger charge is -2.13. The number of ether oxygens (including phenoxy) is 1. The van der Waals surface area contributed by atoms with Gasteiger partial charge in [-0.1, -0.05) is 36.4 Å². The fourth-order valence-corrected chi connectivity index (χ4v) is 4.95. The summed E-state index contributed by atoms with van der Waals surface area (Å²) in [6, 6.07) is 17.8. The third-order valence-electron chi connectivity index (χ3n) is 5.38. The Morgan fingerprint density at radius 1 is 1.06 bits per heavy atom. The summed E-state index contributed by atoms with van der Waals surface area (Å²) in [7, 11) is -4.21. The molecule has 0 radical (unpaired) electrons. The van der Waals surface area contributed by atoms with Crippen molar-refractivity contribution in [2.75, 3.05) is 16.2 Å². The van der Waals surface area contributed by atoms with E-state index in [1.165, 1.54) is 43.3 Å². The average Bonchev–Trinajstić information content (AvgIpc) is 3.14. The molecule has 10 nitrogen and oxygen atoms in total. The molecule has 36 heavy (non-hydrogen) atoms. The van der Waals surface area contributed by atoms with Crippen LogP contribution < -0.4 is 9.62 Å². The molecular formula is C25H21N3O7S. The van der Waals surface area contributed by atoms with Gasteiger partial charge in [0.1, 0.15) is 5.76 Å². The lowest BCUT2D eigenvalue weighted by atomic mass is 10.0. The number of rotatable bonds is 7. The minimum Gasteiger partial charge on any atom is -0.492 e. The Morgan fingerprint density at radius 3 is 2.42 bits per heavy atom. The highest BCUT2D eigenvalue weighted by Gasteiger charge is 2.39. The number of nitrogens with zero attached hydrogens (tertiary/aromatic N) is 2. The Bertz CT molecular complexity index is 1520. The van der Waals surface area contributed by atoms with Gasteiger partial charge in [0, 0.05) is 30.2 Å². The van der Waals surface area contributed by atoms with Gasteiger partial charge in [0.2, 0.25) is 5.91 Å². The first kappa shape index (κ1) is 24.6. The lowest BCUT2D eigenvalue weighted by molar-refractivity contribution is -0.384. The molecule has 11 heteroatoms. The van der Waals surface area contributed by atoms with E-state index in [0.29, 0.717) is 5.56 Å². The van der Waals surface area contributed by atoms with Crippen LogP contribution in [0.15, 0.2) is 77.7 Å². The summed E-state index contributed by atoms with van der Waals surface area (Å²) >= 11 is 0. The van der Waals surface area contributed by atoms with Crippen molar-refractivity contribution in [3.05, 3.63) is 94.0 Å². The summed E-state index contributed by atoms with van der Waals surface area (Å²) < 4.78 is 34.5. The van der Waals surface area contributed by atoms with Crippen molar-refractivity contribution < 1.29 is 27.7 Å². The van der Waals surface area contributed by atoms with Gasteiger partial charge in [-0.2, -0.15) is 0 Å². The monoisotopic (exact) mass is 507 g/mol. The Balaban J connectivity index is 1.87. The first-order chi connectivity index (χ1) is 17.1. The first-order valence-electron chi connectivity index (χ1n) is 10.8. The molecule has 0 aromatic heterocycles. The standard InChI is InChI=1S/C25H21N3O7S/c1-3-35-24(17-8-5-4-6-9-17)23-21-15-20(12-13-22(21)27(16(2)29)25(23)30)36(33,34)26-18-10-7-11-19(14-18)28(31)32/h4-15,26H,3H2,1-2H3. The molecule has 0 fully saturated rings. The molecule has 3 aromatic carbocycles. The van der Waals surface area contributed by atoms with Crippen LogP contribution in [0.5, 0.6) is 0 Å². The first-order valence-corrected chi connectivity index (χ1v) is 12.3. The Morgan fingerprint density at radius 2 is 1.78 bits per heavy atom. The third-order valence-corrected chi connectivity index (χ3v) is 6.76. The van der Waals surface area contributed by atoms with Crippen LogP contribution in [0.2, 0.25) is 0 Å². The fourth-order valence-electron chi connectivity index (χ4n) is 3.88. The SMILES string of the molecule is CCOC(=C1C(=O)N(C(C)=O)c2ccc(S(=O)(=O)Nc3cccc([N+](=O)[O-])c3)cc21)c1ccccc1. The zero-order valence-electron chi connectivity index (χ0n) is 19.3. The molecule has 3 aromatic rings. The van der Waals surface area contributed by atoms with E-state index < -0.39 is 26.8 Å². The summed E-state index contributed by atoms with van der Waals surface area (Å²) in [6.45, 7) is 3.21. The maximum atomic E-state index is 13.4. The van der Waals surface area contributed by atoms with Gasteiger partial charge in [0.15, 0.2) is 0 Å². The van der Waals surface area contributed by atoms with E-state index in [1.807, 2.05) is 0 Å². The van der Waals surface area contributed by atoms with E-state index >= 15 is 0 Å². The van der Waals surface area contributed by atoms with Crippen LogP contribution in [0.25, 0.3) is 11.3 Å². The second-order valence-corrected chi connectivity index (χ2v) is 9.44. The molecule has 0 unspecified atom stereocenters. The summed E-state index contributed by atoms with van der Waals surface area (Å²) in [6.07, 6.45) is 0. The lowest BCUT2D eigenvalue weighted by Crippen LogP contribution is -2.31. The molecule has 1 heterocycles. The van der Waals surface area contributed by atoms with Crippen molar-refractivity contribution in [3.8, 4) is 0 Å². The molecule has 0 saturated heterocycles. The number of fused-ring (bicyclic) bond motifs is 1. The fraction of sp³-hybridized carbons (Fsp3) is 0.120. The van der Waals surface area contributed by atoms with Gasteiger partial charge in [-0.25, -0.2) is 13.3 Å². The number of carbonyl (C=O) groups excluding carboxylic acids is 2. The summed E-state index contributed by atoms with van der Waals surface area (Å²) in [5.74, 6) is -0.953. The number of nitro benzene ring substituents is 1. The molecule has 2 amide bonds. The molecule has 1 N–H and O–H groups in total. The molecule has 1 aliphatic rings. The number of anilines is 2. The Kier molecular flexibility index (Phi) is 6.58. The predicted octanol–water partition coefficient (Wildman–Crippen LogP) is 4.19. The molecular weight excluding hydrogens is 486 g/mol. The van der Waals surface area contributed by atoms with Gasteiger partial charge in [-0.05, 0) is 31.2 Å². The van der Waals surface area contributed by atoms with Gasteiger partial charge in [-0.3, -0.25) is 24.4 Å². The number of amides is 2. The quantitative estimate of drug-likeness (QED) is 0.219.